The average molecular weight is 360 g/mol. The first-order valence-electron chi connectivity index (χ1n) is 6.64. The number of alkyl halides is 3. The molecule has 0 aliphatic carbocycles. The first kappa shape index (κ1) is 17.8. The Morgan fingerprint density at radius 3 is 2.50 bits per heavy atom. The van der Waals surface area contributed by atoms with E-state index in [1.165, 1.54) is 17.9 Å². The number of hydrogen-bond donors (Lipinski definition) is 2. The summed E-state index contributed by atoms with van der Waals surface area (Å²) in [6, 6.07) is 2.04. The van der Waals surface area contributed by atoms with Crippen LogP contribution in [0, 0.1) is 11.3 Å². The number of nitriles is 1. The number of halogens is 4. The molecule has 7 nitrogen and oxygen atoms in total. The fourth-order valence-corrected chi connectivity index (χ4v) is 2.17. The van der Waals surface area contributed by atoms with Crippen molar-refractivity contribution in [3.05, 3.63) is 23.1 Å². The highest BCUT2D eigenvalue weighted by Crippen LogP contribution is 2.34. The van der Waals surface area contributed by atoms with Gasteiger partial charge in [-0.15, -0.1) is 0 Å². The molecule has 2 aromatic heterocycles. The lowest BCUT2D eigenvalue weighted by Crippen LogP contribution is -2.25. The molecule has 0 saturated carbocycles. The van der Waals surface area contributed by atoms with Gasteiger partial charge in [-0.2, -0.15) is 28.5 Å². The van der Waals surface area contributed by atoms with Crippen LogP contribution < -0.4 is 10.6 Å². The molecule has 0 fully saturated rings. The van der Waals surface area contributed by atoms with Crippen molar-refractivity contribution in [2.24, 2.45) is 0 Å². The Balaban J connectivity index is 2.35. The van der Waals surface area contributed by atoms with Crippen LogP contribution in [0.25, 0.3) is 0 Å². The van der Waals surface area contributed by atoms with Crippen LogP contribution >= 0.6 is 11.6 Å². The Labute approximate surface area is 140 Å². The summed E-state index contributed by atoms with van der Waals surface area (Å²) in [7, 11) is 1.32. The van der Waals surface area contributed by atoms with Gasteiger partial charge in [-0.25, -0.2) is 9.67 Å². The van der Waals surface area contributed by atoms with Crippen LogP contribution in [0.2, 0.25) is 5.15 Å². The molecule has 2 N–H and O–H groups in total. The zero-order chi connectivity index (χ0) is 18.1. The van der Waals surface area contributed by atoms with Crippen molar-refractivity contribution in [2.45, 2.75) is 25.6 Å². The number of rotatable bonds is 4. The lowest BCUT2D eigenvalue weighted by atomic mass is 10.1. The summed E-state index contributed by atoms with van der Waals surface area (Å²) in [6.07, 6.45) is -2.57. The number of aromatic nitrogens is 4. The van der Waals surface area contributed by atoms with Gasteiger partial charge < -0.3 is 10.6 Å². The molecule has 0 atom stereocenters. The lowest BCUT2D eigenvalue weighted by molar-refractivity contribution is -0.137. The molecule has 0 amide bonds. The Morgan fingerprint density at radius 2 is 1.96 bits per heavy atom. The normalized spacial score (nSPS) is 11.9. The third kappa shape index (κ3) is 3.35. The lowest BCUT2D eigenvalue weighted by Gasteiger charge is -2.17. The second-order valence-corrected chi connectivity index (χ2v) is 5.62. The zero-order valence-electron chi connectivity index (χ0n) is 12.9. The van der Waals surface area contributed by atoms with E-state index in [2.05, 4.69) is 25.7 Å². The van der Waals surface area contributed by atoms with Crippen molar-refractivity contribution in [2.75, 3.05) is 17.7 Å². The van der Waals surface area contributed by atoms with Crippen molar-refractivity contribution >= 4 is 29.1 Å². The van der Waals surface area contributed by atoms with Crippen LogP contribution in [0.5, 0.6) is 0 Å². The highest BCUT2D eigenvalue weighted by Gasteiger charge is 2.35. The van der Waals surface area contributed by atoms with Crippen molar-refractivity contribution < 1.29 is 13.2 Å². The molecule has 11 heteroatoms. The van der Waals surface area contributed by atoms with Gasteiger partial charge in [0.2, 0.25) is 5.95 Å². The van der Waals surface area contributed by atoms with E-state index in [0.29, 0.717) is 6.20 Å². The molecule has 24 heavy (non-hydrogen) atoms. The average Bonchev–Trinajstić information content (AvgIpc) is 2.87. The summed E-state index contributed by atoms with van der Waals surface area (Å²) in [6.45, 7) is 3.23. The number of hydrogen-bond acceptors (Lipinski definition) is 6. The van der Waals surface area contributed by atoms with Crippen LogP contribution in [0.4, 0.5) is 30.6 Å². The molecular weight excluding hydrogens is 347 g/mol. The third-order valence-electron chi connectivity index (χ3n) is 3.09. The molecule has 0 aliphatic heterocycles. The topological polar surface area (TPSA) is 91.5 Å². The zero-order valence-corrected chi connectivity index (χ0v) is 13.7. The van der Waals surface area contributed by atoms with Gasteiger partial charge in [0.05, 0.1) is 18.0 Å². The van der Waals surface area contributed by atoms with Gasteiger partial charge in [0.25, 0.3) is 0 Å². The van der Waals surface area contributed by atoms with Crippen LogP contribution in [0.15, 0.2) is 12.4 Å². The molecule has 0 aromatic carbocycles. The predicted octanol–water partition coefficient (Wildman–Crippen LogP) is 3.39. The summed E-state index contributed by atoms with van der Waals surface area (Å²) >= 11 is 6.15. The molecule has 0 radical (unpaired) electrons. The molecule has 0 unspecified atom stereocenters. The van der Waals surface area contributed by atoms with Gasteiger partial charge in [-0.1, -0.05) is 11.6 Å². The van der Waals surface area contributed by atoms with Crippen molar-refractivity contribution in [3.8, 4) is 6.07 Å². The Bertz CT molecular complexity index is 792. The minimum atomic E-state index is -4.57. The Hall–Kier alpha value is -2.54. The van der Waals surface area contributed by atoms with Gasteiger partial charge in [-0.3, -0.25) is 0 Å². The fraction of sp³-hybridized carbons (Fsp3) is 0.385. The summed E-state index contributed by atoms with van der Waals surface area (Å²) in [5.41, 5.74) is -1.71. The first-order chi connectivity index (χ1) is 11.1. The summed E-state index contributed by atoms with van der Waals surface area (Å²) < 4.78 is 39.8. The Morgan fingerprint density at radius 1 is 1.29 bits per heavy atom. The molecule has 0 aliphatic rings. The van der Waals surface area contributed by atoms with Crippen LogP contribution in [-0.2, 0) is 11.7 Å². The second-order valence-electron chi connectivity index (χ2n) is 5.26. The summed E-state index contributed by atoms with van der Waals surface area (Å²) in [4.78, 5) is 7.41. The maximum atomic E-state index is 12.8. The van der Waals surface area contributed by atoms with E-state index in [9.17, 15) is 13.2 Å². The van der Waals surface area contributed by atoms with E-state index >= 15 is 0 Å². The first-order valence-corrected chi connectivity index (χ1v) is 7.02. The summed E-state index contributed by atoms with van der Waals surface area (Å²) in [5, 5.41) is 18.3. The molecule has 2 heterocycles. The van der Waals surface area contributed by atoms with Crippen LogP contribution in [0.1, 0.15) is 19.4 Å². The van der Waals surface area contributed by atoms with Crippen LogP contribution in [-0.4, -0.2) is 26.8 Å². The van der Waals surface area contributed by atoms with Gasteiger partial charge in [0.1, 0.15) is 16.9 Å². The molecule has 0 saturated heterocycles. The maximum absolute atomic E-state index is 12.8. The van der Waals surface area contributed by atoms with E-state index < -0.39 is 17.3 Å². The molecule has 2 aromatic rings. The monoisotopic (exact) mass is 359 g/mol. The quantitative estimate of drug-likeness (QED) is 0.869. The van der Waals surface area contributed by atoms with Gasteiger partial charge in [0, 0.05) is 13.2 Å². The molecule has 0 spiro atoms. The van der Waals surface area contributed by atoms with Gasteiger partial charge >= 0.3 is 6.18 Å². The largest absolute Gasteiger partial charge is 0.421 e. The Kier molecular flexibility index (Phi) is 4.57. The van der Waals surface area contributed by atoms with Crippen molar-refractivity contribution in [1.29, 1.82) is 5.26 Å². The summed E-state index contributed by atoms with van der Waals surface area (Å²) in [5.74, 6) is -0.468. The second kappa shape index (κ2) is 6.16. The molecule has 128 valence electrons. The number of anilines is 3. The minimum absolute atomic E-state index is 0.0939. The van der Waals surface area contributed by atoms with E-state index in [1.54, 1.807) is 13.8 Å². The fourth-order valence-electron chi connectivity index (χ4n) is 1.81. The van der Waals surface area contributed by atoms with Gasteiger partial charge in [-0.05, 0) is 13.8 Å². The standard InChI is InChI=1S/C13H13ClF3N7/c1-12(2,6-18)24-9(14)8(5-21-24)22-11-20-4-7(13(15,16)17)10(19-3)23-11/h4-5H,1-3H3,(H2,19,20,22,23). The van der Waals surface area contributed by atoms with Crippen molar-refractivity contribution in [3.63, 3.8) is 0 Å². The van der Waals surface area contributed by atoms with Crippen molar-refractivity contribution in [1.82, 2.24) is 19.7 Å². The minimum Gasteiger partial charge on any atom is -0.372 e. The highest BCUT2D eigenvalue weighted by molar-refractivity contribution is 6.32. The van der Waals surface area contributed by atoms with E-state index in [1.807, 2.05) is 6.07 Å². The van der Waals surface area contributed by atoms with Gasteiger partial charge in [0.15, 0.2) is 5.15 Å². The molecule has 2 rings (SSSR count). The van der Waals surface area contributed by atoms with Crippen LogP contribution in [0.3, 0.4) is 0 Å². The highest BCUT2D eigenvalue weighted by atomic mass is 35.5. The molecular formula is C13H13ClF3N7. The predicted molar refractivity (Wildman–Crippen MR) is 82.0 cm³/mol. The molecule has 0 bridgehead atoms. The number of nitrogens with zero attached hydrogens (tertiary/aromatic N) is 5. The maximum Gasteiger partial charge on any atom is 0.421 e. The number of nitrogens with one attached hydrogen (secondary N) is 2. The third-order valence-corrected chi connectivity index (χ3v) is 3.45. The SMILES string of the molecule is CNc1nc(Nc2cnn(C(C)(C)C#N)c2Cl)ncc1C(F)(F)F. The smallest absolute Gasteiger partial charge is 0.372 e. The van der Waals surface area contributed by atoms with E-state index in [4.69, 9.17) is 16.9 Å². The van der Waals surface area contributed by atoms with E-state index in [0.717, 1.165) is 0 Å². The van der Waals surface area contributed by atoms with E-state index in [-0.39, 0.29) is 22.6 Å².